The SMILES string of the molecule is Cc1ncsc1-c1ccc([C@H](C)N(Cl)C(=O)[C@@H]2C[C@@H](O)CN2)cc1. The number of aryl methyl sites for hydroxylation is 1. The molecule has 0 radical (unpaired) electrons. The zero-order valence-corrected chi connectivity index (χ0v) is 15.1. The van der Waals surface area contributed by atoms with Crippen molar-refractivity contribution in [1.29, 1.82) is 0 Å². The van der Waals surface area contributed by atoms with Crippen molar-refractivity contribution < 1.29 is 9.90 Å². The molecule has 3 atom stereocenters. The van der Waals surface area contributed by atoms with Gasteiger partial charge in [-0.05, 0) is 31.4 Å². The molecule has 2 N–H and O–H groups in total. The number of carbonyl (C=O) groups is 1. The first-order valence-electron chi connectivity index (χ1n) is 7.88. The highest BCUT2D eigenvalue weighted by Gasteiger charge is 2.33. The van der Waals surface area contributed by atoms with Crippen LogP contribution >= 0.6 is 23.1 Å². The van der Waals surface area contributed by atoms with Crippen LogP contribution < -0.4 is 5.32 Å². The number of carbonyl (C=O) groups excluding carboxylic acids is 1. The van der Waals surface area contributed by atoms with Gasteiger partial charge >= 0.3 is 0 Å². The normalized spacial score (nSPS) is 21.7. The fraction of sp³-hybridized carbons (Fsp3) is 0.412. The van der Waals surface area contributed by atoms with Gasteiger partial charge in [-0.25, -0.2) is 9.40 Å². The van der Waals surface area contributed by atoms with Crippen LogP contribution in [0.3, 0.4) is 0 Å². The number of nitrogens with zero attached hydrogens (tertiary/aromatic N) is 2. The second-order valence-electron chi connectivity index (χ2n) is 6.06. The summed E-state index contributed by atoms with van der Waals surface area (Å²) in [5.74, 6) is -0.205. The van der Waals surface area contributed by atoms with E-state index in [0.29, 0.717) is 13.0 Å². The first-order chi connectivity index (χ1) is 11.5. The average Bonchev–Trinajstić information content (AvgIpc) is 3.21. The number of nitrogens with one attached hydrogen (secondary N) is 1. The summed E-state index contributed by atoms with van der Waals surface area (Å²) in [6.07, 6.45) is -0.0838. The number of hydrogen-bond acceptors (Lipinski definition) is 5. The summed E-state index contributed by atoms with van der Waals surface area (Å²) in [5, 5.41) is 12.5. The van der Waals surface area contributed by atoms with E-state index in [1.807, 2.05) is 43.6 Å². The van der Waals surface area contributed by atoms with E-state index in [4.69, 9.17) is 11.8 Å². The van der Waals surface area contributed by atoms with Gasteiger partial charge < -0.3 is 10.4 Å². The van der Waals surface area contributed by atoms with Gasteiger partial charge in [-0.15, -0.1) is 11.3 Å². The standard InChI is InChI=1S/C17H20ClN3O2S/c1-10-16(24-9-20-10)13-5-3-12(4-6-13)11(2)21(18)17(23)15-7-14(22)8-19-15/h3-6,9,11,14-15,19,22H,7-8H2,1-2H3/t11-,14+,15-/m0/s1. The number of rotatable bonds is 4. The van der Waals surface area contributed by atoms with Crippen LogP contribution in [-0.4, -0.2) is 39.1 Å². The van der Waals surface area contributed by atoms with Gasteiger partial charge in [0.05, 0.1) is 34.3 Å². The van der Waals surface area contributed by atoms with Gasteiger partial charge in [0.1, 0.15) is 0 Å². The molecule has 0 saturated carbocycles. The van der Waals surface area contributed by atoms with Gasteiger partial charge in [-0.3, -0.25) is 4.79 Å². The van der Waals surface area contributed by atoms with Crippen molar-refractivity contribution in [3.63, 3.8) is 0 Å². The maximum absolute atomic E-state index is 12.4. The van der Waals surface area contributed by atoms with Crippen LogP contribution in [0.25, 0.3) is 10.4 Å². The van der Waals surface area contributed by atoms with Crippen LogP contribution in [0.1, 0.15) is 30.6 Å². The first kappa shape index (κ1) is 17.4. The second-order valence-corrected chi connectivity index (χ2v) is 7.28. The van der Waals surface area contributed by atoms with Crippen molar-refractivity contribution in [3.8, 4) is 10.4 Å². The zero-order chi connectivity index (χ0) is 17.3. The third-order valence-electron chi connectivity index (χ3n) is 4.36. The molecule has 2 heterocycles. The fourth-order valence-corrected chi connectivity index (χ4v) is 3.91. The van der Waals surface area contributed by atoms with Crippen LogP contribution in [0.5, 0.6) is 0 Å². The highest BCUT2D eigenvalue weighted by molar-refractivity contribution is 7.13. The number of benzene rings is 1. The van der Waals surface area contributed by atoms with Gasteiger partial charge in [-0.2, -0.15) is 0 Å². The molecule has 7 heteroatoms. The van der Waals surface area contributed by atoms with Gasteiger partial charge in [0.15, 0.2) is 0 Å². The predicted octanol–water partition coefficient (Wildman–Crippen LogP) is 2.88. The molecule has 1 aliphatic rings. The van der Waals surface area contributed by atoms with E-state index in [0.717, 1.165) is 21.7 Å². The third-order valence-corrected chi connectivity index (χ3v) is 5.79. The van der Waals surface area contributed by atoms with Crippen LogP contribution in [0.4, 0.5) is 0 Å². The van der Waals surface area contributed by atoms with Gasteiger partial charge in [-0.1, -0.05) is 24.3 Å². The molecule has 1 fully saturated rings. The van der Waals surface area contributed by atoms with Crippen LogP contribution in [0.2, 0.25) is 0 Å². The molecule has 1 aromatic carbocycles. The molecule has 24 heavy (non-hydrogen) atoms. The lowest BCUT2D eigenvalue weighted by molar-refractivity contribution is -0.130. The zero-order valence-electron chi connectivity index (χ0n) is 13.6. The second kappa shape index (κ2) is 7.19. The first-order valence-corrected chi connectivity index (χ1v) is 9.10. The Morgan fingerprint density at radius 1 is 1.46 bits per heavy atom. The lowest BCUT2D eigenvalue weighted by atomic mass is 10.0. The summed E-state index contributed by atoms with van der Waals surface area (Å²) < 4.78 is 1.22. The van der Waals surface area contributed by atoms with Crippen molar-refractivity contribution in [2.24, 2.45) is 0 Å². The van der Waals surface area contributed by atoms with Crippen LogP contribution in [0, 0.1) is 6.92 Å². The van der Waals surface area contributed by atoms with Gasteiger partial charge in [0.2, 0.25) is 0 Å². The molecule has 0 unspecified atom stereocenters. The number of amides is 1. The van der Waals surface area contributed by atoms with Crippen molar-refractivity contribution in [1.82, 2.24) is 14.7 Å². The summed E-state index contributed by atoms with van der Waals surface area (Å²) >= 11 is 7.87. The van der Waals surface area contributed by atoms with E-state index in [1.54, 1.807) is 11.3 Å². The molecule has 0 bridgehead atoms. The molecule has 1 aliphatic heterocycles. The molecule has 1 aromatic heterocycles. The summed E-state index contributed by atoms with van der Waals surface area (Å²) in [7, 11) is 0. The Morgan fingerprint density at radius 3 is 2.71 bits per heavy atom. The molecule has 5 nitrogen and oxygen atoms in total. The quantitative estimate of drug-likeness (QED) is 0.818. The Morgan fingerprint density at radius 2 is 2.17 bits per heavy atom. The van der Waals surface area contributed by atoms with Crippen molar-refractivity contribution in [3.05, 3.63) is 41.0 Å². The van der Waals surface area contributed by atoms with E-state index in [2.05, 4.69) is 10.3 Å². The Bertz CT molecular complexity index is 719. The lowest BCUT2D eigenvalue weighted by Crippen LogP contribution is -2.40. The molecule has 1 amide bonds. The average molecular weight is 366 g/mol. The lowest BCUT2D eigenvalue weighted by Gasteiger charge is -2.25. The van der Waals surface area contributed by atoms with Crippen molar-refractivity contribution >= 4 is 29.0 Å². The number of aliphatic hydroxyl groups is 1. The molecule has 2 aromatic rings. The van der Waals surface area contributed by atoms with Crippen molar-refractivity contribution in [2.75, 3.05) is 6.54 Å². The number of thiazole rings is 1. The smallest absolute Gasteiger partial charge is 0.254 e. The van der Waals surface area contributed by atoms with Gasteiger partial charge in [0, 0.05) is 18.3 Å². The third kappa shape index (κ3) is 3.47. The number of β-amino-alcohol motifs (C(OH)–C–C–N with tert-alkyl or cyclic N) is 1. The summed E-state index contributed by atoms with van der Waals surface area (Å²) in [5.41, 5.74) is 4.92. The number of hydrogen-bond donors (Lipinski definition) is 2. The maximum atomic E-state index is 12.4. The Balaban J connectivity index is 1.71. The Kier molecular flexibility index (Phi) is 5.20. The predicted molar refractivity (Wildman–Crippen MR) is 95.8 cm³/mol. The minimum absolute atomic E-state index is 0.205. The molecule has 0 aliphatic carbocycles. The van der Waals surface area contributed by atoms with E-state index in [-0.39, 0.29) is 11.9 Å². The maximum Gasteiger partial charge on any atom is 0.254 e. The largest absolute Gasteiger partial charge is 0.392 e. The molecule has 3 rings (SSSR count). The summed E-state index contributed by atoms with van der Waals surface area (Å²) in [4.78, 5) is 17.8. The topological polar surface area (TPSA) is 65.5 Å². The van der Waals surface area contributed by atoms with Crippen molar-refractivity contribution in [2.45, 2.75) is 38.5 Å². The number of aliphatic hydroxyl groups excluding tert-OH is 1. The van der Waals surface area contributed by atoms with E-state index in [9.17, 15) is 9.90 Å². The molecule has 128 valence electrons. The fourth-order valence-electron chi connectivity index (χ4n) is 2.87. The minimum atomic E-state index is -0.485. The number of halogens is 1. The van der Waals surface area contributed by atoms with Crippen LogP contribution in [-0.2, 0) is 4.79 Å². The minimum Gasteiger partial charge on any atom is -0.392 e. The highest BCUT2D eigenvalue weighted by Crippen LogP contribution is 2.30. The van der Waals surface area contributed by atoms with E-state index in [1.165, 1.54) is 4.42 Å². The molecule has 0 spiro atoms. The Hall–Kier alpha value is -1.47. The summed E-state index contributed by atoms with van der Waals surface area (Å²) in [6.45, 7) is 4.31. The van der Waals surface area contributed by atoms with Gasteiger partial charge in [0.25, 0.3) is 5.91 Å². The molecule has 1 saturated heterocycles. The van der Waals surface area contributed by atoms with Crippen LogP contribution in [0.15, 0.2) is 29.8 Å². The monoisotopic (exact) mass is 365 g/mol. The highest BCUT2D eigenvalue weighted by atomic mass is 35.5. The van der Waals surface area contributed by atoms with E-state index >= 15 is 0 Å². The van der Waals surface area contributed by atoms with E-state index < -0.39 is 12.1 Å². The molecular weight excluding hydrogens is 346 g/mol. The summed E-state index contributed by atoms with van der Waals surface area (Å²) in [6, 6.07) is 7.35. The molecular formula is C17H20ClN3O2S. The number of aromatic nitrogens is 1. The Labute approximate surface area is 150 Å².